The molecule has 0 spiro atoms. The van der Waals surface area contributed by atoms with Gasteiger partial charge in [-0.1, -0.05) is 101 Å². The van der Waals surface area contributed by atoms with Crippen LogP contribution in [0.2, 0.25) is 0 Å². The number of hydrogen-bond acceptors (Lipinski definition) is 6. The van der Waals surface area contributed by atoms with E-state index in [9.17, 15) is 19.4 Å². The summed E-state index contributed by atoms with van der Waals surface area (Å²) in [6, 6.07) is 0. The van der Waals surface area contributed by atoms with Gasteiger partial charge >= 0.3 is 13.8 Å². The molecule has 39 heavy (non-hydrogen) atoms. The first kappa shape index (κ1) is 37.7. The van der Waals surface area contributed by atoms with E-state index in [2.05, 4.69) is 31.2 Å². The fourth-order valence-electron chi connectivity index (χ4n) is 3.53. The average Bonchev–Trinajstić information content (AvgIpc) is 2.86. The van der Waals surface area contributed by atoms with Crippen LogP contribution < -0.4 is 0 Å². The van der Waals surface area contributed by atoms with E-state index < -0.39 is 26.5 Å². The Labute approximate surface area is 238 Å². The molecule has 0 saturated heterocycles. The molecule has 0 aliphatic heterocycles. The minimum absolute atomic E-state index is 0.0417. The highest BCUT2D eigenvalue weighted by Crippen LogP contribution is 2.43. The molecule has 8 nitrogen and oxygen atoms in total. The van der Waals surface area contributed by atoms with Gasteiger partial charge in [0.2, 0.25) is 0 Å². The number of likely N-dealkylation sites (N-methyl/N-ethyl adjacent to an activating group) is 1. The van der Waals surface area contributed by atoms with Gasteiger partial charge in [-0.15, -0.1) is 0 Å². The maximum absolute atomic E-state index is 11.8. The van der Waals surface area contributed by atoms with Crippen LogP contribution in [-0.4, -0.2) is 74.1 Å². The SMILES string of the molecule is CCCCCCCCCCCCC=CCC=CCC=CCC(=O)OC[C@@H](O)COP(=O)(O)OCC[N+](C)(C)C. The molecule has 0 aromatic rings. The highest BCUT2D eigenvalue weighted by atomic mass is 31.2. The fourth-order valence-corrected chi connectivity index (χ4v) is 4.28. The van der Waals surface area contributed by atoms with Crippen molar-refractivity contribution in [3.8, 4) is 0 Å². The van der Waals surface area contributed by atoms with Crippen molar-refractivity contribution >= 4 is 13.8 Å². The van der Waals surface area contributed by atoms with E-state index in [1.165, 1.54) is 64.2 Å². The Kier molecular flexibility index (Phi) is 23.7. The highest BCUT2D eigenvalue weighted by Gasteiger charge is 2.24. The standard InChI is InChI=1S/C30H56NO7P/c1-5-6-7-8-9-10-11-12-13-14-15-16-17-18-19-20-21-22-23-24-30(33)36-27-29(32)28-38-39(34,35)37-26-25-31(2,3)4/h16-17,19-20,22-23,29,32H,5-15,18,21,24-28H2,1-4H3/p+1/t29-/m1/s1. The molecule has 2 atom stereocenters. The van der Waals surface area contributed by atoms with E-state index in [4.69, 9.17) is 13.8 Å². The van der Waals surface area contributed by atoms with E-state index in [1.807, 2.05) is 27.2 Å². The summed E-state index contributed by atoms with van der Waals surface area (Å²) in [5.74, 6) is -0.490. The Morgan fingerprint density at radius 1 is 0.795 bits per heavy atom. The van der Waals surface area contributed by atoms with Crippen molar-refractivity contribution in [2.45, 2.75) is 103 Å². The van der Waals surface area contributed by atoms with Crippen molar-refractivity contribution in [1.29, 1.82) is 0 Å². The predicted molar refractivity (Wildman–Crippen MR) is 159 cm³/mol. The number of nitrogens with zero attached hydrogens (tertiary/aromatic N) is 1. The lowest BCUT2D eigenvalue weighted by Crippen LogP contribution is -2.37. The highest BCUT2D eigenvalue weighted by molar-refractivity contribution is 7.47. The first-order valence-electron chi connectivity index (χ1n) is 14.8. The number of carbonyl (C=O) groups is 1. The molecule has 0 bridgehead atoms. The molecular formula is C30H57NO7P+. The van der Waals surface area contributed by atoms with Crippen molar-refractivity contribution in [2.24, 2.45) is 0 Å². The van der Waals surface area contributed by atoms with Crippen LogP contribution in [0.15, 0.2) is 36.5 Å². The van der Waals surface area contributed by atoms with Gasteiger partial charge in [0.15, 0.2) is 0 Å². The monoisotopic (exact) mass is 574 g/mol. The number of rotatable bonds is 26. The van der Waals surface area contributed by atoms with Crippen LogP contribution in [0.25, 0.3) is 0 Å². The van der Waals surface area contributed by atoms with Gasteiger partial charge in [0.25, 0.3) is 0 Å². The van der Waals surface area contributed by atoms with Crippen molar-refractivity contribution in [3.63, 3.8) is 0 Å². The molecule has 9 heteroatoms. The largest absolute Gasteiger partial charge is 0.472 e. The number of ether oxygens (including phenoxy) is 1. The second-order valence-electron chi connectivity index (χ2n) is 11.0. The molecule has 2 N–H and O–H groups in total. The van der Waals surface area contributed by atoms with E-state index >= 15 is 0 Å². The molecule has 0 rings (SSSR count). The number of esters is 1. The number of aliphatic hydroxyl groups excluding tert-OH is 1. The number of unbranched alkanes of at least 4 members (excludes halogenated alkanes) is 10. The van der Waals surface area contributed by atoms with Gasteiger partial charge in [-0.2, -0.15) is 0 Å². The minimum Gasteiger partial charge on any atom is -0.463 e. The molecule has 0 aromatic carbocycles. The van der Waals surface area contributed by atoms with Gasteiger partial charge in [-0.3, -0.25) is 13.8 Å². The third-order valence-corrected chi connectivity index (χ3v) is 6.92. The maximum Gasteiger partial charge on any atom is 0.472 e. The number of allylic oxidation sites excluding steroid dienone is 5. The normalized spacial score (nSPS) is 14.9. The molecule has 0 aromatic heterocycles. The average molecular weight is 575 g/mol. The van der Waals surface area contributed by atoms with Crippen molar-refractivity contribution in [2.75, 3.05) is 47.5 Å². The van der Waals surface area contributed by atoms with E-state index in [-0.39, 0.29) is 19.6 Å². The molecule has 0 amide bonds. The summed E-state index contributed by atoms with van der Waals surface area (Å²) in [6.07, 6.45) is 27.5. The molecule has 0 aliphatic carbocycles. The predicted octanol–water partition coefficient (Wildman–Crippen LogP) is 6.88. The molecule has 0 heterocycles. The topological polar surface area (TPSA) is 102 Å². The fraction of sp³-hybridized carbons (Fsp3) is 0.767. The van der Waals surface area contributed by atoms with Crippen LogP contribution in [0.5, 0.6) is 0 Å². The Balaban J connectivity index is 3.69. The third-order valence-electron chi connectivity index (χ3n) is 5.94. The van der Waals surface area contributed by atoms with Gasteiger partial charge in [0.1, 0.15) is 25.9 Å². The van der Waals surface area contributed by atoms with Crippen molar-refractivity contribution < 1.29 is 37.6 Å². The number of phosphoric ester groups is 1. The summed E-state index contributed by atoms with van der Waals surface area (Å²) in [5, 5.41) is 9.82. The second-order valence-corrected chi connectivity index (χ2v) is 12.5. The van der Waals surface area contributed by atoms with E-state index in [1.54, 1.807) is 6.08 Å². The zero-order valence-electron chi connectivity index (χ0n) is 25.1. The molecule has 0 saturated carbocycles. The van der Waals surface area contributed by atoms with Crippen LogP contribution in [0, 0.1) is 0 Å². The number of aliphatic hydroxyl groups is 1. The lowest BCUT2D eigenvalue weighted by molar-refractivity contribution is -0.870. The van der Waals surface area contributed by atoms with Gasteiger partial charge in [0, 0.05) is 0 Å². The quantitative estimate of drug-likeness (QED) is 0.0382. The second kappa shape index (κ2) is 24.5. The van der Waals surface area contributed by atoms with Crippen molar-refractivity contribution in [3.05, 3.63) is 36.5 Å². The zero-order valence-corrected chi connectivity index (χ0v) is 26.0. The molecule has 0 fully saturated rings. The first-order valence-corrected chi connectivity index (χ1v) is 16.3. The zero-order chi connectivity index (χ0) is 29.2. The Hall–Kier alpha value is -1.28. The van der Waals surface area contributed by atoms with E-state index in [0.29, 0.717) is 11.0 Å². The summed E-state index contributed by atoms with van der Waals surface area (Å²) >= 11 is 0. The van der Waals surface area contributed by atoms with Crippen LogP contribution in [0.1, 0.15) is 96.8 Å². The van der Waals surface area contributed by atoms with Crippen LogP contribution in [-0.2, 0) is 23.1 Å². The summed E-state index contributed by atoms with van der Waals surface area (Å²) in [5.41, 5.74) is 0. The van der Waals surface area contributed by atoms with Crippen molar-refractivity contribution in [1.82, 2.24) is 0 Å². The lowest BCUT2D eigenvalue weighted by Gasteiger charge is -2.24. The van der Waals surface area contributed by atoms with Crippen LogP contribution in [0.4, 0.5) is 0 Å². The maximum atomic E-state index is 11.8. The summed E-state index contributed by atoms with van der Waals surface area (Å²) < 4.78 is 27.0. The number of phosphoric acid groups is 1. The number of quaternary nitrogens is 1. The smallest absolute Gasteiger partial charge is 0.463 e. The van der Waals surface area contributed by atoms with Gasteiger partial charge in [0.05, 0.1) is 34.2 Å². The third kappa shape index (κ3) is 29.5. The summed E-state index contributed by atoms with van der Waals surface area (Å²) in [6.45, 7) is 2.03. The Morgan fingerprint density at radius 3 is 1.92 bits per heavy atom. The molecule has 228 valence electrons. The molecule has 0 radical (unpaired) electrons. The van der Waals surface area contributed by atoms with Gasteiger partial charge in [-0.05, 0) is 25.7 Å². The summed E-state index contributed by atoms with van der Waals surface area (Å²) in [7, 11) is 1.52. The minimum atomic E-state index is -4.26. The molecular weight excluding hydrogens is 517 g/mol. The number of carbonyl (C=O) groups excluding carboxylic acids is 1. The summed E-state index contributed by atoms with van der Waals surface area (Å²) in [4.78, 5) is 21.4. The van der Waals surface area contributed by atoms with Crippen LogP contribution >= 0.6 is 7.82 Å². The number of hydrogen-bond donors (Lipinski definition) is 2. The Morgan fingerprint density at radius 2 is 1.33 bits per heavy atom. The lowest BCUT2D eigenvalue weighted by atomic mass is 10.1. The molecule has 0 aliphatic rings. The van der Waals surface area contributed by atoms with Gasteiger partial charge < -0.3 is 19.2 Å². The first-order chi connectivity index (χ1) is 18.6. The Bertz CT molecular complexity index is 731. The van der Waals surface area contributed by atoms with Gasteiger partial charge in [-0.25, -0.2) is 4.57 Å². The van der Waals surface area contributed by atoms with E-state index in [0.717, 1.165) is 19.3 Å². The molecule has 1 unspecified atom stereocenters. The van der Waals surface area contributed by atoms with Crippen LogP contribution in [0.3, 0.4) is 0 Å².